The second-order valence-electron chi connectivity index (χ2n) is 4.88. The zero-order chi connectivity index (χ0) is 15.2. The van der Waals surface area contributed by atoms with Crippen LogP contribution in [0.3, 0.4) is 0 Å². The van der Waals surface area contributed by atoms with Crippen molar-refractivity contribution in [1.29, 1.82) is 0 Å². The zero-order valence-electron chi connectivity index (χ0n) is 12.4. The second-order valence-corrected chi connectivity index (χ2v) is 4.88. The lowest BCUT2D eigenvalue weighted by molar-refractivity contribution is 0.416. The summed E-state index contributed by atoms with van der Waals surface area (Å²) in [6.07, 6.45) is 6.00. The molecule has 0 unspecified atom stereocenters. The molecule has 3 aromatic rings. The molecule has 0 N–H and O–H groups in total. The molecule has 108 valence electrons. The van der Waals surface area contributed by atoms with Crippen LogP contribution in [0.25, 0.3) is 23.4 Å². The molecule has 2 heteroatoms. The van der Waals surface area contributed by atoms with E-state index in [2.05, 4.69) is 35.3 Å². The Morgan fingerprint density at radius 2 is 1.64 bits per heavy atom. The highest BCUT2D eigenvalue weighted by Crippen LogP contribution is 2.33. The molecule has 0 saturated heterocycles. The number of nitrogens with zero attached hydrogens (tertiary/aromatic N) is 1. The Balaban J connectivity index is 2.06. The lowest BCUT2D eigenvalue weighted by Gasteiger charge is -2.11. The third-order valence-electron chi connectivity index (χ3n) is 3.45. The van der Waals surface area contributed by atoms with Gasteiger partial charge in [-0.1, -0.05) is 60.7 Å². The number of hydrogen-bond acceptors (Lipinski definition) is 2. The quantitative estimate of drug-likeness (QED) is 0.635. The van der Waals surface area contributed by atoms with Crippen LogP contribution in [0, 0.1) is 0 Å². The molecule has 0 aliphatic carbocycles. The van der Waals surface area contributed by atoms with E-state index in [0.717, 1.165) is 28.1 Å². The molecular weight excluding hydrogens is 270 g/mol. The van der Waals surface area contributed by atoms with Crippen molar-refractivity contribution in [1.82, 2.24) is 4.98 Å². The van der Waals surface area contributed by atoms with Gasteiger partial charge in [0.2, 0.25) is 0 Å². The van der Waals surface area contributed by atoms with Gasteiger partial charge in [0.1, 0.15) is 5.75 Å². The van der Waals surface area contributed by atoms with E-state index in [0.29, 0.717) is 0 Å². The zero-order valence-corrected chi connectivity index (χ0v) is 12.4. The molecule has 0 bridgehead atoms. The molecule has 0 spiro atoms. The molecule has 0 aliphatic heterocycles. The summed E-state index contributed by atoms with van der Waals surface area (Å²) in [5, 5.41) is 0. The molecular formula is C20H17NO. The van der Waals surface area contributed by atoms with E-state index in [1.54, 1.807) is 13.3 Å². The molecule has 2 aromatic carbocycles. The van der Waals surface area contributed by atoms with Crippen LogP contribution in [-0.2, 0) is 0 Å². The van der Waals surface area contributed by atoms with Crippen LogP contribution in [0.5, 0.6) is 5.75 Å². The Morgan fingerprint density at radius 1 is 0.818 bits per heavy atom. The largest absolute Gasteiger partial charge is 0.496 e. The highest BCUT2D eigenvalue weighted by molar-refractivity contribution is 5.83. The summed E-state index contributed by atoms with van der Waals surface area (Å²) in [4.78, 5) is 4.46. The number of pyridine rings is 1. The molecule has 3 rings (SSSR count). The van der Waals surface area contributed by atoms with Gasteiger partial charge in [0, 0.05) is 11.8 Å². The number of rotatable bonds is 4. The Labute approximate surface area is 130 Å². The first-order valence-electron chi connectivity index (χ1n) is 7.20. The van der Waals surface area contributed by atoms with Gasteiger partial charge in [-0.05, 0) is 29.3 Å². The Morgan fingerprint density at radius 3 is 2.36 bits per heavy atom. The lowest BCUT2D eigenvalue weighted by Crippen LogP contribution is -1.92. The summed E-state index contributed by atoms with van der Waals surface area (Å²) in [5.74, 6) is 0.828. The number of ether oxygens (including phenoxy) is 1. The van der Waals surface area contributed by atoms with Gasteiger partial charge in [-0.15, -0.1) is 0 Å². The minimum absolute atomic E-state index is 0.828. The van der Waals surface area contributed by atoms with Gasteiger partial charge in [-0.2, -0.15) is 0 Å². The highest BCUT2D eigenvalue weighted by atomic mass is 16.5. The summed E-state index contributed by atoms with van der Waals surface area (Å²) in [7, 11) is 1.69. The number of benzene rings is 2. The van der Waals surface area contributed by atoms with Crippen molar-refractivity contribution >= 4 is 12.2 Å². The van der Waals surface area contributed by atoms with Crippen LogP contribution in [-0.4, -0.2) is 12.1 Å². The van der Waals surface area contributed by atoms with Crippen LogP contribution in [0.15, 0.2) is 72.9 Å². The van der Waals surface area contributed by atoms with Crippen LogP contribution < -0.4 is 4.74 Å². The smallest absolute Gasteiger partial charge is 0.128 e. The molecule has 0 atom stereocenters. The number of hydrogen-bond donors (Lipinski definition) is 0. The van der Waals surface area contributed by atoms with E-state index in [-0.39, 0.29) is 0 Å². The predicted molar refractivity (Wildman–Crippen MR) is 91.6 cm³/mol. The average molecular weight is 287 g/mol. The van der Waals surface area contributed by atoms with E-state index in [1.807, 2.05) is 48.5 Å². The molecule has 0 saturated carbocycles. The monoisotopic (exact) mass is 287 g/mol. The molecule has 1 heterocycles. The maximum Gasteiger partial charge on any atom is 0.128 e. The van der Waals surface area contributed by atoms with Crippen LogP contribution >= 0.6 is 0 Å². The maximum absolute atomic E-state index is 5.52. The third-order valence-corrected chi connectivity index (χ3v) is 3.45. The first kappa shape index (κ1) is 14.1. The second kappa shape index (κ2) is 6.72. The van der Waals surface area contributed by atoms with Crippen molar-refractivity contribution in [3.8, 4) is 17.0 Å². The average Bonchev–Trinajstić information content (AvgIpc) is 2.61. The van der Waals surface area contributed by atoms with Crippen molar-refractivity contribution in [2.75, 3.05) is 7.11 Å². The van der Waals surface area contributed by atoms with Crippen molar-refractivity contribution in [3.05, 3.63) is 84.1 Å². The standard InChI is InChI=1S/C20H17NO/c1-22-19-12-7-10-17(14-13-16-8-3-2-4-9-16)20(19)18-11-5-6-15-21-18/h2-15H,1H3. The van der Waals surface area contributed by atoms with E-state index in [9.17, 15) is 0 Å². The van der Waals surface area contributed by atoms with Gasteiger partial charge < -0.3 is 4.74 Å². The topological polar surface area (TPSA) is 22.1 Å². The van der Waals surface area contributed by atoms with E-state index < -0.39 is 0 Å². The Hall–Kier alpha value is -2.87. The molecule has 0 aliphatic rings. The van der Waals surface area contributed by atoms with E-state index in [1.165, 1.54) is 0 Å². The minimum atomic E-state index is 0.828. The fourth-order valence-electron chi connectivity index (χ4n) is 2.39. The molecule has 0 radical (unpaired) electrons. The highest BCUT2D eigenvalue weighted by Gasteiger charge is 2.10. The van der Waals surface area contributed by atoms with Gasteiger partial charge in [0.05, 0.1) is 12.8 Å². The Bertz CT molecular complexity index is 764. The molecule has 0 fully saturated rings. The molecule has 2 nitrogen and oxygen atoms in total. The summed E-state index contributed by atoms with van der Waals surface area (Å²) in [5.41, 5.74) is 4.17. The lowest BCUT2D eigenvalue weighted by atomic mass is 10.0. The summed E-state index contributed by atoms with van der Waals surface area (Å²) in [6, 6.07) is 22.2. The van der Waals surface area contributed by atoms with Gasteiger partial charge in [-0.3, -0.25) is 4.98 Å². The van der Waals surface area contributed by atoms with Gasteiger partial charge in [0.25, 0.3) is 0 Å². The third kappa shape index (κ3) is 3.07. The fourth-order valence-corrected chi connectivity index (χ4v) is 2.39. The van der Waals surface area contributed by atoms with Crippen LogP contribution in [0.4, 0.5) is 0 Å². The van der Waals surface area contributed by atoms with Gasteiger partial charge >= 0.3 is 0 Å². The number of aromatic nitrogens is 1. The molecule has 22 heavy (non-hydrogen) atoms. The van der Waals surface area contributed by atoms with Crippen LogP contribution in [0.1, 0.15) is 11.1 Å². The predicted octanol–water partition coefficient (Wildman–Crippen LogP) is 4.93. The van der Waals surface area contributed by atoms with Gasteiger partial charge in [0.15, 0.2) is 0 Å². The van der Waals surface area contributed by atoms with Crippen molar-refractivity contribution in [2.24, 2.45) is 0 Å². The Kier molecular flexibility index (Phi) is 4.30. The van der Waals surface area contributed by atoms with Crippen LogP contribution in [0.2, 0.25) is 0 Å². The fraction of sp³-hybridized carbons (Fsp3) is 0.0500. The SMILES string of the molecule is COc1cccc(C=Cc2ccccc2)c1-c1ccccn1. The van der Waals surface area contributed by atoms with Crippen molar-refractivity contribution in [2.45, 2.75) is 0 Å². The first-order valence-corrected chi connectivity index (χ1v) is 7.20. The summed E-state index contributed by atoms with van der Waals surface area (Å²) in [6.45, 7) is 0. The molecule has 1 aromatic heterocycles. The van der Waals surface area contributed by atoms with Gasteiger partial charge in [-0.25, -0.2) is 0 Å². The number of methoxy groups -OCH3 is 1. The maximum atomic E-state index is 5.52. The van der Waals surface area contributed by atoms with E-state index >= 15 is 0 Å². The van der Waals surface area contributed by atoms with Crippen molar-refractivity contribution in [3.63, 3.8) is 0 Å². The normalized spacial score (nSPS) is 10.8. The van der Waals surface area contributed by atoms with E-state index in [4.69, 9.17) is 4.74 Å². The van der Waals surface area contributed by atoms with Crippen molar-refractivity contribution < 1.29 is 4.74 Å². The summed E-state index contributed by atoms with van der Waals surface area (Å²) < 4.78 is 5.52. The minimum Gasteiger partial charge on any atom is -0.496 e. The summed E-state index contributed by atoms with van der Waals surface area (Å²) >= 11 is 0. The molecule has 0 amide bonds. The first-order chi connectivity index (χ1) is 10.9.